The third-order valence-corrected chi connectivity index (χ3v) is 2.23. The van der Waals surface area contributed by atoms with Crippen molar-refractivity contribution in [3.05, 3.63) is 28.8 Å². The highest BCUT2D eigenvalue weighted by Crippen LogP contribution is 2.28. The normalized spacial score (nSPS) is 12.8. The van der Waals surface area contributed by atoms with Crippen LogP contribution >= 0.6 is 11.6 Å². The van der Waals surface area contributed by atoms with Gasteiger partial charge in [-0.25, -0.2) is 0 Å². The van der Waals surface area contributed by atoms with Crippen LogP contribution in [-0.2, 0) is 0 Å². The zero-order chi connectivity index (χ0) is 9.84. The van der Waals surface area contributed by atoms with Crippen molar-refractivity contribution in [2.45, 2.75) is 25.8 Å². The van der Waals surface area contributed by atoms with Crippen LogP contribution in [0.5, 0.6) is 5.75 Å². The summed E-state index contributed by atoms with van der Waals surface area (Å²) in [5.74, 6) is 0.188. The fourth-order valence-corrected chi connectivity index (χ4v) is 1.46. The van der Waals surface area contributed by atoms with Gasteiger partial charge in [0.2, 0.25) is 0 Å². The van der Waals surface area contributed by atoms with Gasteiger partial charge in [0.25, 0.3) is 0 Å². The molecule has 0 saturated heterocycles. The molecule has 2 nitrogen and oxygen atoms in total. The largest absolute Gasteiger partial charge is 0.508 e. The predicted octanol–water partition coefficient (Wildman–Crippen LogP) is 2.85. The van der Waals surface area contributed by atoms with Crippen molar-refractivity contribution in [1.29, 1.82) is 0 Å². The van der Waals surface area contributed by atoms with Crippen molar-refractivity contribution in [2.24, 2.45) is 5.73 Å². The minimum absolute atomic E-state index is 0.0951. The Bertz CT molecular complexity index is 288. The third-order valence-electron chi connectivity index (χ3n) is 1.99. The van der Waals surface area contributed by atoms with Gasteiger partial charge in [-0.15, -0.1) is 0 Å². The van der Waals surface area contributed by atoms with Crippen LogP contribution < -0.4 is 5.73 Å². The van der Waals surface area contributed by atoms with E-state index in [4.69, 9.17) is 17.3 Å². The van der Waals surface area contributed by atoms with E-state index in [9.17, 15) is 5.11 Å². The molecule has 3 N–H and O–H groups in total. The molecule has 0 amide bonds. The summed E-state index contributed by atoms with van der Waals surface area (Å²) in [6.45, 7) is 2.06. The first-order valence-electron chi connectivity index (χ1n) is 4.39. The Morgan fingerprint density at radius 2 is 2.23 bits per heavy atom. The van der Waals surface area contributed by atoms with Gasteiger partial charge in [0.1, 0.15) is 5.75 Å². The van der Waals surface area contributed by atoms with Gasteiger partial charge >= 0.3 is 0 Å². The molecule has 0 spiro atoms. The van der Waals surface area contributed by atoms with E-state index in [1.807, 2.05) is 0 Å². The maximum Gasteiger partial charge on any atom is 0.121 e. The smallest absolute Gasteiger partial charge is 0.121 e. The minimum Gasteiger partial charge on any atom is -0.508 e. The number of hydrogen-bond acceptors (Lipinski definition) is 2. The zero-order valence-corrected chi connectivity index (χ0v) is 8.38. The van der Waals surface area contributed by atoms with Crippen molar-refractivity contribution in [3.8, 4) is 5.75 Å². The molecular formula is C10H14ClNO. The summed E-state index contributed by atoms with van der Waals surface area (Å²) >= 11 is 5.70. The maximum atomic E-state index is 9.52. The van der Waals surface area contributed by atoms with E-state index in [1.54, 1.807) is 12.1 Å². The molecule has 0 fully saturated rings. The lowest BCUT2D eigenvalue weighted by Gasteiger charge is -2.12. The van der Waals surface area contributed by atoms with Crippen LogP contribution in [0.2, 0.25) is 5.02 Å². The molecule has 0 saturated carbocycles. The first-order valence-corrected chi connectivity index (χ1v) is 4.77. The topological polar surface area (TPSA) is 46.2 Å². The predicted molar refractivity (Wildman–Crippen MR) is 55.0 cm³/mol. The highest BCUT2D eigenvalue weighted by Gasteiger charge is 2.09. The van der Waals surface area contributed by atoms with Crippen molar-refractivity contribution in [3.63, 3.8) is 0 Å². The van der Waals surface area contributed by atoms with Gasteiger partial charge in [0, 0.05) is 16.6 Å². The molecule has 72 valence electrons. The van der Waals surface area contributed by atoms with E-state index in [2.05, 4.69) is 6.92 Å². The van der Waals surface area contributed by atoms with Crippen LogP contribution in [0.1, 0.15) is 31.4 Å². The van der Waals surface area contributed by atoms with E-state index in [1.165, 1.54) is 6.07 Å². The Kier molecular flexibility index (Phi) is 3.58. The molecule has 1 unspecified atom stereocenters. The van der Waals surface area contributed by atoms with Gasteiger partial charge in [-0.1, -0.05) is 31.0 Å². The lowest BCUT2D eigenvalue weighted by Crippen LogP contribution is -2.09. The fourth-order valence-electron chi connectivity index (χ4n) is 1.30. The second kappa shape index (κ2) is 4.49. The molecule has 0 aliphatic carbocycles. The Labute approximate surface area is 83.3 Å². The van der Waals surface area contributed by atoms with Crippen molar-refractivity contribution < 1.29 is 5.11 Å². The molecule has 0 radical (unpaired) electrons. The molecule has 1 aromatic carbocycles. The first kappa shape index (κ1) is 10.4. The highest BCUT2D eigenvalue weighted by molar-refractivity contribution is 6.30. The van der Waals surface area contributed by atoms with E-state index < -0.39 is 0 Å². The van der Waals surface area contributed by atoms with Gasteiger partial charge in [-0.2, -0.15) is 0 Å². The minimum atomic E-state index is -0.0951. The fraction of sp³-hybridized carbons (Fsp3) is 0.400. The van der Waals surface area contributed by atoms with Crippen LogP contribution in [0, 0.1) is 0 Å². The maximum absolute atomic E-state index is 9.52. The summed E-state index contributed by atoms with van der Waals surface area (Å²) in [5, 5.41) is 10.1. The van der Waals surface area contributed by atoms with Gasteiger partial charge in [-0.3, -0.25) is 0 Å². The summed E-state index contributed by atoms with van der Waals surface area (Å²) in [6, 6.07) is 4.94. The number of halogens is 1. The van der Waals surface area contributed by atoms with Gasteiger partial charge in [0.15, 0.2) is 0 Å². The summed E-state index contributed by atoms with van der Waals surface area (Å²) in [4.78, 5) is 0. The van der Waals surface area contributed by atoms with Crippen LogP contribution in [0.4, 0.5) is 0 Å². The Balaban J connectivity index is 2.88. The molecule has 13 heavy (non-hydrogen) atoms. The molecule has 0 heterocycles. The lowest BCUT2D eigenvalue weighted by atomic mass is 10.0. The number of aromatic hydroxyl groups is 1. The number of hydrogen-bond donors (Lipinski definition) is 2. The van der Waals surface area contributed by atoms with Crippen LogP contribution in [0.15, 0.2) is 18.2 Å². The first-order chi connectivity index (χ1) is 6.15. The summed E-state index contributed by atoms with van der Waals surface area (Å²) < 4.78 is 0. The van der Waals surface area contributed by atoms with Crippen molar-refractivity contribution in [2.75, 3.05) is 0 Å². The molecule has 1 rings (SSSR count). The number of nitrogens with two attached hydrogens (primary N) is 1. The molecule has 0 aromatic heterocycles. The van der Waals surface area contributed by atoms with Crippen molar-refractivity contribution >= 4 is 11.6 Å². The van der Waals surface area contributed by atoms with Crippen LogP contribution in [0.3, 0.4) is 0 Å². The molecule has 1 aromatic rings. The number of benzene rings is 1. The van der Waals surface area contributed by atoms with Gasteiger partial charge in [-0.05, 0) is 18.6 Å². The molecule has 3 heteroatoms. The Morgan fingerprint density at radius 3 is 2.77 bits per heavy atom. The Hall–Kier alpha value is -0.730. The standard InChI is InChI=1S/C10H14ClNO/c1-2-3-9(12)8-5-4-7(11)6-10(8)13/h4-6,9,13H,2-3,12H2,1H3. The third kappa shape index (κ3) is 2.61. The number of phenols is 1. The monoisotopic (exact) mass is 199 g/mol. The quantitative estimate of drug-likeness (QED) is 0.787. The van der Waals surface area contributed by atoms with E-state index in [0.29, 0.717) is 5.02 Å². The number of rotatable bonds is 3. The second-order valence-electron chi connectivity index (χ2n) is 3.10. The molecule has 0 aliphatic rings. The van der Waals surface area contributed by atoms with Crippen molar-refractivity contribution in [1.82, 2.24) is 0 Å². The highest BCUT2D eigenvalue weighted by atomic mass is 35.5. The summed E-state index contributed by atoms with van der Waals surface area (Å²) in [7, 11) is 0. The van der Waals surface area contributed by atoms with Gasteiger partial charge < -0.3 is 10.8 Å². The van der Waals surface area contributed by atoms with E-state index >= 15 is 0 Å². The molecule has 0 aliphatic heterocycles. The lowest BCUT2D eigenvalue weighted by molar-refractivity contribution is 0.458. The van der Waals surface area contributed by atoms with Crippen LogP contribution in [-0.4, -0.2) is 5.11 Å². The molecule has 1 atom stereocenters. The van der Waals surface area contributed by atoms with Crippen LogP contribution in [0.25, 0.3) is 0 Å². The number of phenolic OH excluding ortho intramolecular Hbond substituents is 1. The average molecular weight is 200 g/mol. The molecule has 0 bridgehead atoms. The van der Waals surface area contributed by atoms with Gasteiger partial charge in [0.05, 0.1) is 0 Å². The SMILES string of the molecule is CCCC(N)c1ccc(Cl)cc1O. The molecular weight excluding hydrogens is 186 g/mol. The zero-order valence-electron chi connectivity index (χ0n) is 7.63. The van der Waals surface area contributed by atoms with E-state index in [-0.39, 0.29) is 11.8 Å². The Morgan fingerprint density at radius 1 is 1.54 bits per heavy atom. The second-order valence-corrected chi connectivity index (χ2v) is 3.53. The van der Waals surface area contributed by atoms with E-state index in [0.717, 1.165) is 18.4 Å². The average Bonchev–Trinajstić information content (AvgIpc) is 2.04. The summed E-state index contributed by atoms with van der Waals surface area (Å²) in [5.41, 5.74) is 6.62. The summed E-state index contributed by atoms with van der Waals surface area (Å²) in [6.07, 6.45) is 1.87.